The number of methoxy groups -OCH3 is 1. The minimum absolute atomic E-state index is 0.0384. The fourth-order valence-electron chi connectivity index (χ4n) is 2.39. The molecular weight excluding hydrogens is 366 g/mol. The van der Waals surface area contributed by atoms with Gasteiger partial charge in [-0.15, -0.1) is 0 Å². The molecule has 0 aliphatic rings. The molecule has 2 aromatic carbocycles. The summed E-state index contributed by atoms with van der Waals surface area (Å²) >= 11 is 0. The van der Waals surface area contributed by atoms with Gasteiger partial charge in [0.1, 0.15) is 5.75 Å². The van der Waals surface area contributed by atoms with E-state index in [0.29, 0.717) is 13.0 Å². The van der Waals surface area contributed by atoms with Gasteiger partial charge in [0.2, 0.25) is 0 Å². The first-order valence-corrected chi connectivity index (χ1v) is 8.47. The number of benzene rings is 2. The Labute approximate surface area is 161 Å². The minimum atomic E-state index is -1.04. The summed E-state index contributed by atoms with van der Waals surface area (Å²) in [5.41, 5.74) is 6.31. The summed E-state index contributed by atoms with van der Waals surface area (Å²) in [4.78, 5) is 34.3. The van der Waals surface area contributed by atoms with E-state index in [1.54, 1.807) is 7.11 Å². The number of anilines is 1. The Balaban J connectivity index is 1.85. The molecule has 9 nitrogen and oxygen atoms in total. The molecule has 2 aromatic rings. The van der Waals surface area contributed by atoms with Gasteiger partial charge in [0.15, 0.2) is 6.10 Å². The third-order valence-electron chi connectivity index (χ3n) is 3.99. The molecule has 0 saturated heterocycles. The van der Waals surface area contributed by atoms with E-state index in [0.717, 1.165) is 23.4 Å². The van der Waals surface area contributed by atoms with E-state index in [9.17, 15) is 19.7 Å². The zero-order valence-corrected chi connectivity index (χ0v) is 15.5. The van der Waals surface area contributed by atoms with Crippen LogP contribution >= 0.6 is 0 Å². The molecular formula is C19H21N3O6. The zero-order chi connectivity index (χ0) is 20.7. The molecule has 2 rings (SSSR count). The Morgan fingerprint density at radius 3 is 2.46 bits per heavy atom. The van der Waals surface area contributed by atoms with E-state index in [1.165, 1.54) is 13.0 Å². The first-order valence-electron chi connectivity index (χ1n) is 8.47. The van der Waals surface area contributed by atoms with Crippen LogP contribution in [0.2, 0.25) is 0 Å². The molecule has 28 heavy (non-hydrogen) atoms. The highest BCUT2D eigenvalue weighted by molar-refractivity contribution is 5.97. The average molecular weight is 387 g/mol. The van der Waals surface area contributed by atoms with E-state index in [1.807, 2.05) is 24.3 Å². The fraction of sp³-hybridized carbons (Fsp3) is 0.263. The van der Waals surface area contributed by atoms with Gasteiger partial charge in [-0.05, 0) is 37.1 Å². The van der Waals surface area contributed by atoms with Crippen molar-refractivity contribution in [1.82, 2.24) is 5.32 Å². The van der Waals surface area contributed by atoms with Crippen molar-refractivity contribution in [1.29, 1.82) is 0 Å². The second-order valence-electron chi connectivity index (χ2n) is 5.97. The lowest BCUT2D eigenvalue weighted by Crippen LogP contribution is -2.37. The third-order valence-corrected chi connectivity index (χ3v) is 3.99. The van der Waals surface area contributed by atoms with Gasteiger partial charge < -0.3 is 20.5 Å². The summed E-state index contributed by atoms with van der Waals surface area (Å²) < 4.78 is 10.2. The molecule has 0 aliphatic heterocycles. The van der Waals surface area contributed by atoms with E-state index >= 15 is 0 Å². The number of ether oxygens (including phenoxy) is 2. The minimum Gasteiger partial charge on any atom is -0.497 e. The van der Waals surface area contributed by atoms with Gasteiger partial charge in [-0.2, -0.15) is 0 Å². The summed E-state index contributed by atoms with van der Waals surface area (Å²) in [6.07, 6.45) is -0.441. The summed E-state index contributed by atoms with van der Waals surface area (Å²) in [7, 11) is 1.59. The summed E-state index contributed by atoms with van der Waals surface area (Å²) in [5, 5.41) is 13.4. The molecule has 0 unspecified atom stereocenters. The number of amides is 1. The lowest BCUT2D eigenvalue weighted by Gasteiger charge is -2.14. The molecule has 1 atom stereocenters. The van der Waals surface area contributed by atoms with Crippen LogP contribution < -0.4 is 15.8 Å². The number of nitrogens with one attached hydrogen (secondary N) is 1. The second kappa shape index (κ2) is 9.36. The van der Waals surface area contributed by atoms with Crippen molar-refractivity contribution < 1.29 is 24.0 Å². The number of carbonyl (C=O) groups excluding carboxylic acids is 2. The van der Waals surface area contributed by atoms with Crippen LogP contribution in [0.25, 0.3) is 0 Å². The van der Waals surface area contributed by atoms with Crippen molar-refractivity contribution >= 4 is 23.3 Å². The molecule has 0 aromatic heterocycles. The molecule has 0 heterocycles. The lowest BCUT2D eigenvalue weighted by molar-refractivity contribution is -0.384. The molecule has 1 amide bonds. The highest BCUT2D eigenvalue weighted by atomic mass is 16.6. The molecule has 148 valence electrons. The summed E-state index contributed by atoms with van der Waals surface area (Å²) in [6.45, 7) is 1.80. The van der Waals surface area contributed by atoms with E-state index in [2.05, 4.69) is 5.32 Å². The molecule has 0 bridgehead atoms. The van der Waals surface area contributed by atoms with Crippen LogP contribution in [0.15, 0.2) is 42.5 Å². The Bertz CT molecular complexity index is 866. The molecule has 0 saturated carbocycles. The second-order valence-corrected chi connectivity index (χ2v) is 5.97. The number of esters is 1. The molecule has 0 spiro atoms. The molecule has 0 fully saturated rings. The SMILES string of the molecule is COc1ccc(CCNC(=O)[C@H](C)OC(=O)c2ccc([N+](=O)[O-])cc2N)cc1. The van der Waals surface area contributed by atoms with Crippen LogP contribution in [-0.4, -0.2) is 36.6 Å². The van der Waals surface area contributed by atoms with Crippen LogP contribution in [0.5, 0.6) is 5.75 Å². The summed E-state index contributed by atoms with van der Waals surface area (Å²) in [6, 6.07) is 10.9. The molecule has 3 N–H and O–H groups in total. The molecule has 0 radical (unpaired) electrons. The van der Waals surface area contributed by atoms with E-state index < -0.39 is 22.9 Å². The zero-order valence-electron chi connectivity index (χ0n) is 15.5. The normalized spacial score (nSPS) is 11.4. The van der Waals surface area contributed by atoms with Gasteiger partial charge in [0.25, 0.3) is 11.6 Å². The van der Waals surface area contributed by atoms with Gasteiger partial charge in [-0.25, -0.2) is 4.79 Å². The number of non-ortho nitro benzene ring substituents is 1. The Morgan fingerprint density at radius 2 is 1.89 bits per heavy atom. The number of hydrogen-bond acceptors (Lipinski definition) is 7. The highest BCUT2D eigenvalue weighted by Crippen LogP contribution is 2.21. The molecule has 0 aliphatic carbocycles. The first kappa shape index (κ1) is 20.7. The van der Waals surface area contributed by atoms with Gasteiger partial charge in [0, 0.05) is 18.7 Å². The summed E-state index contributed by atoms with van der Waals surface area (Å²) in [5.74, 6) is -0.536. The van der Waals surface area contributed by atoms with Crippen molar-refractivity contribution in [3.05, 3.63) is 63.7 Å². The van der Waals surface area contributed by atoms with Gasteiger partial charge in [-0.3, -0.25) is 14.9 Å². The maximum absolute atomic E-state index is 12.2. The van der Waals surface area contributed by atoms with Gasteiger partial charge >= 0.3 is 5.97 Å². The Kier molecular flexibility index (Phi) is 6.91. The topological polar surface area (TPSA) is 134 Å². The van der Waals surface area contributed by atoms with E-state index in [-0.39, 0.29) is 16.9 Å². The van der Waals surface area contributed by atoms with Gasteiger partial charge in [-0.1, -0.05) is 12.1 Å². The van der Waals surface area contributed by atoms with E-state index in [4.69, 9.17) is 15.2 Å². The number of nitrogen functional groups attached to an aromatic ring is 1. The van der Waals surface area contributed by atoms with Crippen LogP contribution in [0.1, 0.15) is 22.8 Å². The number of nitro groups is 1. The largest absolute Gasteiger partial charge is 0.497 e. The van der Waals surface area contributed by atoms with Crippen LogP contribution in [0.4, 0.5) is 11.4 Å². The number of carbonyl (C=O) groups is 2. The number of nitro benzene ring substituents is 1. The lowest BCUT2D eigenvalue weighted by atomic mass is 10.1. The van der Waals surface area contributed by atoms with Crippen molar-refractivity contribution in [2.45, 2.75) is 19.4 Å². The van der Waals surface area contributed by atoms with Crippen molar-refractivity contribution in [3.8, 4) is 5.75 Å². The highest BCUT2D eigenvalue weighted by Gasteiger charge is 2.21. The van der Waals surface area contributed by atoms with Crippen molar-refractivity contribution in [2.24, 2.45) is 0 Å². The quantitative estimate of drug-likeness (QED) is 0.306. The molecule has 9 heteroatoms. The Hall–Kier alpha value is -3.62. The van der Waals surface area contributed by atoms with Crippen molar-refractivity contribution in [3.63, 3.8) is 0 Å². The number of rotatable bonds is 8. The maximum Gasteiger partial charge on any atom is 0.341 e. The monoisotopic (exact) mass is 387 g/mol. The maximum atomic E-state index is 12.2. The standard InChI is InChI=1S/C19H21N3O6/c1-12(18(23)21-10-9-13-3-6-15(27-2)7-4-13)28-19(24)16-8-5-14(22(25)26)11-17(16)20/h3-8,11-12H,9-10,20H2,1-2H3,(H,21,23)/t12-/m0/s1. The van der Waals surface area contributed by atoms with Crippen molar-refractivity contribution in [2.75, 3.05) is 19.4 Å². The average Bonchev–Trinajstić information content (AvgIpc) is 2.68. The van der Waals surface area contributed by atoms with Crippen LogP contribution in [0.3, 0.4) is 0 Å². The number of nitrogens with two attached hydrogens (primary N) is 1. The predicted octanol–water partition coefficient (Wildman–Crippen LogP) is 2.09. The number of nitrogens with zero attached hydrogens (tertiary/aromatic N) is 1. The van der Waals surface area contributed by atoms with Crippen LogP contribution in [0, 0.1) is 10.1 Å². The van der Waals surface area contributed by atoms with Gasteiger partial charge in [0.05, 0.1) is 23.3 Å². The predicted molar refractivity (Wildman–Crippen MR) is 102 cm³/mol. The fourth-order valence-corrected chi connectivity index (χ4v) is 2.39. The van der Waals surface area contributed by atoms with Crippen LogP contribution in [-0.2, 0) is 16.0 Å². The first-order chi connectivity index (χ1) is 13.3. The third kappa shape index (κ3) is 5.44. The Morgan fingerprint density at radius 1 is 1.21 bits per heavy atom. The smallest absolute Gasteiger partial charge is 0.341 e. The number of hydrogen-bond donors (Lipinski definition) is 2.